The van der Waals surface area contributed by atoms with Crippen LogP contribution in [0.4, 0.5) is 4.39 Å². The van der Waals surface area contributed by atoms with Crippen molar-refractivity contribution in [1.82, 2.24) is 9.80 Å². The number of hydrogen-bond acceptors (Lipinski definition) is 4. The van der Waals surface area contributed by atoms with Crippen LogP contribution in [0, 0.1) is 5.82 Å². The first-order valence-electron chi connectivity index (χ1n) is 9.11. The number of rotatable bonds is 6. The van der Waals surface area contributed by atoms with E-state index in [4.69, 9.17) is 4.84 Å². The smallest absolute Gasteiger partial charge is 0.266 e. The molecule has 1 atom stereocenters. The van der Waals surface area contributed by atoms with E-state index < -0.39 is 6.10 Å². The molecule has 1 aliphatic rings. The quantitative estimate of drug-likeness (QED) is 0.581. The maximum atomic E-state index is 13.1. The van der Waals surface area contributed by atoms with Crippen molar-refractivity contribution in [1.29, 1.82) is 0 Å². The molecule has 6 heteroatoms. The van der Waals surface area contributed by atoms with Gasteiger partial charge in [-0.2, -0.15) is 0 Å². The topological polar surface area (TPSA) is 45.1 Å². The average molecular weight is 369 g/mol. The summed E-state index contributed by atoms with van der Waals surface area (Å²) in [6.07, 6.45) is 0.737. The SMILES string of the molecule is C[C@H](O/N=C\c1cccc(F)c1)C(=O)N1CCN(Cc2ccccc2)CC1. The highest BCUT2D eigenvalue weighted by Crippen LogP contribution is 2.10. The van der Waals surface area contributed by atoms with Gasteiger partial charge in [-0.3, -0.25) is 9.69 Å². The van der Waals surface area contributed by atoms with E-state index in [2.05, 4.69) is 22.2 Å². The van der Waals surface area contributed by atoms with E-state index in [1.807, 2.05) is 23.1 Å². The number of amides is 1. The van der Waals surface area contributed by atoms with Gasteiger partial charge in [-0.25, -0.2) is 4.39 Å². The van der Waals surface area contributed by atoms with E-state index in [9.17, 15) is 9.18 Å². The molecule has 0 N–H and O–H groups in total. The van der Waals surface area contributed by atoms with Crippen LogP contribution in [-0.4, -0.2) is 54.2 Å². The number of carbonyl (C=O) groups is 1. The molecule has 2 aromatic carbocycles. The lowest BCUT2D eigenvalue weighted by Gasteiger charge is -2.35. The second-order valence-electron chi connectivity index (χ2n) is 6.62. The summed E-state index contributed by atoms with van der Waals surface area (Å²) in [5.41, 5.74) is 1.87. The summed E-state index contributed by atoms with van der Waals surface area (Å²) in [7, 11) is 0. The van der Waals surface area contributed by atoms with Crippen molar-refractivity contribution in [2.24, 2.45) is 5.16 Å². The van der Waals surface area contributed by atoms with E-state index >= 15 is 0 Å². The molecular weight excluding hydrogens is 345 g/mol. The number of piperazine rings is 1. The van der Waals surface area contributed by atoms with Gasteiger partial charge in [-0.1, -0.05) is 47.6 Å². The minimum Gasteiger partial charge on any atom is -0.383 e. The Morgan fingerprint density at radius 1 is 1.15 bits per heavy atom. The Kier molecular flexibility index (Phi) is 6.54. The molecule has 2 aromatic rings. The first-order valence-corrected chi connectivity index (χ1v) is 9.11. The van der Waals surface area contributed by atoms with Gasteiger partial charge in [0.05, 0.1) is 6.21 Å². The third-order valence-corrected chi connectivity index (χ3v) is 4.55. The molecule has 1 fully saturated rings. The maximum absolute atomic E-state index is 13.1. The van der Waals surface area contributed by atoms with E-state index in [0.29, 0.717) is 18.7 Å². The highest BCUT2D eigenvalue weighted by Gasteiger charge is 2.26. The minimum atomic E-state index is -0.671. The Morgan fingerprint density at radius 3 is 2.59 bits per heavy atom. The molecule has 1 saturated heterocycles. The van der Waals surface area contributed by atoms with Gasteiger partial charge in [-0.05, 0) is 30.2 Å². The summed E-state index contributed by atoms with van der Waals surface area (Å²) in [4.78, 5) is 21.9. The van der Waals surface area contributed by atoms with Gasteiger partial charge >= 0.3 is 0 Å². The van der Waals surface area contributed by atoms with Gasteiger partial charge in [0.1, 0.15) is 5.82 Å². The van der Waals surface area contributed by atoms with Crippen molar-refractivity contribution in [3.05, 3.63) is 71.5 Å². The molecule has 1 amide bonds. The summed E-state index contributed by atoms with van der Waals surface area (Å²) >= 11 is 0. The largest absolute Gasteiger partial charge is 0.383 e. The summed E-state index contributed by atoms with van der Waals surface area (Å²) in [6, 6.07) is 16.4. The Balaban J connectivity index is 1.44. The van der Waals surface area contributed by atoms with E-state index in [-0.39, 0.29) is 11.7 Å². The predicted octanol–water partition coefficient (Wildman–Crippen LogP) is 2.91. The summed E-state index contributed by atoms with van der Waals surface area (Å²) < 4.78 is 13.1. The van der Waals surface area contributed by atoms with Crippen molar-refractivity contribution in [3.8, 4) is 0 Å². The van der Waals surface area contributed by atoms with Gasteiger partial charge in [0.2, 0.25) is 6.10 Å². The Bertz CT molecular complexity index is 774. The fourth-order valence-corrected chi connectivity index (χ4v) is 3.04. The summed E-state index contributed by atoms with van der Waals surface area (Å²) in [5, 5.41) is 3.82. The highest BCUT2D eigenvalue weighted by molar-refractivity contribution is 5.81. The fraction of sp³-hybridized carbons (Fsp3) is 0.333. The van der Waals surface area contributed by atoms with Crippen LogP contribution in [0.15, 0.2) is 59.8 Å². The number of nitrogens with zero attached hydrogens (tertiary/aromatic N) is 3. The second-order valence-corrected chi connectivity index (χ2v) is 6.62. The second kappa shape index (κ2) is 9.28. The maximum Gasteiger partial charge on any atom is 0.266 e. The molecule has 0 bridgehead atoms. The summed E-state index contributed by atoms with van der Waals surface area (Å²) in [6.45, 7) is 5.59. The van der Waals surface area contributed by atoms with Gasteiger partial charge in [0.25, 0.3) is 5.91 Å². The molecule has 27 heavy (non-hydrogen) atoms. The van der Waals surface area contributed by atoms with E-state index in [1.165, 1.54) is 23.9 Å². The molecule has 142 valence electrons. The van der Waals surface area contributed by atoms with Crippen LogP contribution in [0.25, 0.3) is 0 Å². The number of oxime groups is 1. The highest BCUT2D eigenvalue weighted by atomic mass is 19.1. The monoisotopic (exact) mass is 369 g/mol. The molecule has 0 saturated carbocycles. The molecule has 0 aromatic heterocycles. The molecule has 5 nitrogen and oxygen atoms in total. The first kappa shape index (κ1) is 19.0. The van der Waals surface area contributed by atoms with E-state index in [1.54, 1.807) is 19.1 Å². The van der Waals surface area contributed by atoms with Crippen LogP contribution < -0.4 is 0 Å². The van der Waals surface area contributed by atoms with Gasteiger partial charge in [0, 0.05) is 32.7 Å². The Morgan fingerprint density at radius 2 is 1.89 bits per heavy atom. The summed E-state index contributed by atoms with van der Waals surface area (Å²) in [5.74, 6) is -0.415. The molecule has 0 unspecified atom stereocenters. The van der Waals surface area contributed by atoms with Crippen LogP contribution in [0.2, 0.25) is 0 Å². The number of hydrogen-bond donors (Lipinski definition) is 0. The van der Waals surface area contributed by atoms with E-state index in [0.717, 1.165) is 19.6 Å². The lowest BCUT2D eigenvalue weighted by atomic mass is 10.2. The van der Waals surface area contributed by atoms with Crippen molar-refractivity contribution in [2.75, 3.05) is 26.2 Å². The van der Waals surface area contributed by atoms with Crippen LogP contribution in [-0.2, 0) is 16.2 Å². The van der Waals surface area contributed by atoms with Crippen LogP contribution in [0.5, 0.6) is 0 Å². The zero-order valence-corrected chi connectivity index (χ0v) is 15.4. The van der Waals surface area contributed by atoms with Crippen LogP contribution in [0.3, 0.4) is 0 Å². The third-order valence-electron chi connectivity index (χ3n) is 4.55. The molecule has 0 aliphatic carbocycles. The zero-order chi connectivity index (χ0) is 19.1. The predicted molar refractivity (Wildman–Crippen MR) is 103 cm³/mol. The lowest BCUT2D eigenvalue weighted by molar-refractivity contribution is -0.144. The number of halogens is 1. The zero-order valence-electron chi connectivity index (χ0n) is 15.4. The van der Waals surface area contributed by atoms with Crippen LogP contribution >= 0.6 is 0 Å². The normalized spacial score (nSPS) is 16.4. The molecule has 0 spiro atoms. The van der Waals surface area contributed by atoms with Crippen LogP contribution in [0.1, 0.15) is 18.1 Å². The fourth-order valence-electron chi connectivity index (χ4n) is 3.04. The van der Waals surface area contributed by atoms with Gasteiger partial charge in [-0.15, -0.1) is 0 Å². The standard InChI is InChI=1S/C21H24FN3O2/c1-17(27-23-15-19-8-5-9-20(22)14-19)21(26)25-12-10-24(11-13-25)16-18-6-3-2-4-7-18/h2-9,14-15,17H,10-13,16H2,1H3/b23-15-/t17-/m0/s1. The average Bonchev–Trinajstić information content (AvgIpc) is 2.69. The van der Waals surface area contributed by atoms with Crippen molar-refractivity contribution < 1.29 is 14.0 Å². The van der Waals surface area contributed by atoms with Gasteiger partial charge in [0.15, 0.2) is 0 Å². The number of benzene rings is 2. The molecule has 3 rings (SSSR count). The third kappa shape index (κ3) is 5.62. The molecular formula is C21H24FN3O2. The Labute approximate surface area is 159 Å². The minimum absolute atomic E-state index is 0.0780. The van der Waals surface area contributed by atoms with Crippen molar-refractivity contribution in [2.45, 2.75) is 19.6 Å². The number of carbonyl (C=O) groups excluding carboxylic acids is 1. The first-order chi connectivity index (χ1) is 13.1. The molecule has 0 radical (unpaired) electrons. The molecule has 1 aliphatic heterocycles. The lowest BCUT2D eigenvalue weighted by Crippen LogP contribution is -2.50. The Hall–Kier alpha value is -2.73. The van der Waals surface area contributed by atoms with Crippen molar-refractivity contribution in [3.63, 3.8) is 0 Å². The molecule has 1 heterocycles. The van der Waals surface area contributed by atoms with Crippen molar-refractivity contribution >= 4 is 12.1 Å². The van der Waals surface area contributed by atoms with Gasteiger partial charge < -0.3 is 9.74 Å².